The molecule has 3 nitrogen and oxygen atoms in total. The molecule has 1 N–H and O–H groups in total. The van der Waals surface area contributed by atoms with Crippen LogP contribution in [0.2, 0.25) is 0 Å². The van der Waals surface area contributed by atoms with Gasteiger partial charge < -0.3 is 9.84 Å². The number of carbonyl (C=O) groups is 1. The van der Waals surface area contributed by atoms with E-state index in [0.717, 1.165) is 45.1 Å². The van der Waals surface area contributed by atoms with Crippen molar-refractivity contribution in [1.29, 1.82) is 0 Å². The van der Waals surface area contributed by atoms with Crippen LogP contribution in [0.4, 0.5) is 0 Å². The van der Waals surface area contributed by atoms with Crippen LogP contribution < -0.4 is 0 Å². The fourth-order valence-electron chi connectivity index (χ4n) is 3.97. The Morgan fingerprint density at radius 1 is 1.21 bits per heavy atom. The van der Waals surface area contributed by atoms with Crippen molar-refractivity contribution in [2.45, 2.75) is 59.3 Å². The Hall–Kier alpha value is -0.570. The van der Waals surface area contributed by atoms with Crippen LogP contribution in [0.1, 0.15) is 59.3 Å². The molecular formula is C16H28O3. The second-order valence-electron chi connectivity index (χ2n) is 7.52. The SMILES string of the molecule is CC(C)(C)C1CCC(C(=O)O)(C2CCCOC2)CC1. The van der Waals surface area contributed by atoms with Crippen LogP contribution in [-0.4, -0.2) is 24.3 Å². The minimum Gasteiger partial charge on any atom is -0.481 e. The summed E-state index contributed by atoms with van der Waals surface area (Å²) in [5.74, 6) is 0.291. The van der Waals surface area contributed by atoms with Gasteiger partial charge in [-0.25, -0.2) is 0 Å². The number of aliphatic carboxylic acids is 1. The van der Waals surface area contributed by atoms with Crippen molar-refractivity contribution in [2.24, 2.45) is 22.7 Å². The number of rotatable bonds is 2. The van der Waals surface area contributed by atoms with Gasteiger partial charge in [-0.05, 0) is 55.8 Å². The molecular weight excluding hydrogens is 240 g/mol. The first-order chi connectivity index (χ1) is 8.86. The monoisotopic (exact) mass is 268 g/mol. The minimum absolute atomic E-state index is 0.222. The van der Waals surface area contributed by atoms with Crippen LogP contribution in [0, 0.1) is 22.7 Å². The Bertz CT molecular complexity index is 315. The Morgan fingerprint density at radius 3 is 2.26 bits per heavy atom. The molecule has 1 aliphatic heterocycles. The molecule has 0 aromatic rings. The van der Waals surface area contributed by atoms with Crippen molar-refractivity contribution in [3.8, 4) is 0 Å². The Morgan fingerprint density at radius 2 is 1.84 bits per heavy atom. The van der Waals surface area contributed by atoms with E-state index < -0.39 is 11.4 Å². The maximum absolute atomic E-state index is 11.9. The van der Waals surface area contributed by atoms with Crippen LogP contribution in [0.25, 0.3) is 0 Å². The summed E-state index contributed by atoms with van der Waals surface area (Å²) in [7, 11) is 0. The third kappa shape index (κ3) is 2.96. The molecule has 0 bridgehead atoms. The molecule has 0 amide bonds. The van der Waals surface area contributed by atoms with E-state index >= 15 is 0 Å². The maximum atomic E-state index is 11.9. The van der Waals surface area contributed by atoms with Gasteiger partial charge >= 0.3 is 5.97 Å². The summed E-state index contributed by atoms with van der Waals surface area (Å²) in [5, 5.41) is 9.77. The fourth-order valence-corrected chi connectivity index (χ4v) is 3.97. The van der Waals surface area contributed by atoms with Gasteiger partial charge in [-0.2, -0.15) is 0 Å². The van der Waals surface area contributed by atoms with E-state index in [1.54, 1.807) is 0 Å². The van der Waals surface area contributed by atoms with E-state index in [1.165, 1.54) is 0 Å². The molecule has 3 heteroatoms. The summed E-state index contributed by atoms with van der Waals surface area (Å²) < 4.78 is 5.54. The zero-order chi connectivity index (χ0) is 14.1. The third-order valence-electron chi connectivity index (χ3n) is 5.47. The van der Waals surface area contributed by atoms with Crippen LogP contribution in [0.5, 0.6) is 0 Å². The highest BCUT2D eigenvalue weighted by molar-refractivity contribution is 5.75. The van der Waals surface area contributed by atoms with Gasteiger partial charge in [0.25, 0.3) is 0 Å². The molecule has 2 aliphatic rings. The van der Waals surface area contributed by atoms with Gasteiger partial charge in [-0.3, -0.25) is 4.79 Å². The lowest BCUT2D eigenvalue weighted by atomic mass is 9.59. The highest BCUT2D eigenvalue weighted by Crippen LogP contribution is 2.50. The lowest BCUT2D eigenvalue weighted by molar-refractivity contribution is -0.161. The zero-order valence-electron chi connectivity index (χ0n) is 12.6. The molecule has 110 valence electrons. The normalized spacial score (nSPS) is 37.0. The predicted molar refractivity (Wildman–Crippen MR) is 75.0 cm³/mol. The first-order valence-corrected chi connectivity index (χ1v) is 7.67. The number of carboxylic acid groups (broad SMARTS) is 1. The highest BCUT2D eigenvalue weighted by Gasteiger charge is 2.49. The Balaban J connectivity index is 2.09. The second-order valence-corrected chi connectivity index (χ2v) is 7.52. The van der Waals surface area contributed by atoms with Crippen molar-refractivity contribution >= 4 is 5.97 Å². The maximum Gasteiger partial charge on any atom is 0.310 e. The number of carboxylic acids is 1. The highest BCUT2D eigenvalue weighted by atomic mass is 16.5. The summed E-state index contributed by atoms with van der Waals surface area (Å²) in [4.78, 5) is 11.9. The van der Waals surface area contributed by atoms with Gasteiger partial charge in [0.2, 0.25) is 0 Å². The van der Waals surface area contributed by atoms with Gasteiger partial charge in [0, 0.05) is 6.61 Å². The number of ether oxygens (including phenoxy) is 1. The van der Waals surface area contributed by atoms with Gasteiger partial charge in [0.15, 0.2) is 0 Å². The molecule has 0 radical (unpaired) electrons. The first-order valence-electron chi connectivity index (χ1n) is 7.67. The van der Waals surface area contributed by atoms with Crippen LogP contribution >= 0.6 is 0 Å². The molecule has 2 rings (SSSR count). The standard InChI is InChI=1S/C16H28O3/c1-15(2,3)12-6-8-16(9-7-12,14(17)18)13-5-4-10-19-11-13/h12-13H,4-11H2,1-3H3,(H,17,18). The molecule has 1 aliphatic carbocycles. The van der Waals surface area contributed by atoms with E-state index in [-0.39, 0.29) is 5.92 Å². The quantitative estimate of drug-likeness (QED) is 0.830. The van der Waals surface area contributed by atoms with Crippen LogP contribution in [0.15, 0.2) is 0 Å². The zero-order valence-corrected chi connectivity index (χ0v) is 12.6. The topological polar surface area (TPSA) is 46.5 Å². The van der Waals surface area contributed by atoms with Gasteiger partial charge in [-0.1, -0.05) is 20.8 Å². The van der Waals surface area contributed by atoms with Crippen LogP contribution in [0.3, 0.4) is 0 Å². The first kappa shape index (κ1) is 14.8. The van der Waals surface area contributed by atoms with Gasteiger partial charge in [0.1, 0.15) is 0 Å². The van der Waals surface area contributed by atoms with Gasteiger partial charge in [0.05, 0.1) is 12.0 Å². The molecule has 1 atom stereocenters. The summed E-state index contributed by atoms with van der Waals surface area (Å²) in [6.45, 7) is 8.27. The average molecular weight is 268 g/mol. The van der Waals surface area contributed by atoms with Crippen LogP contribution in [-0.2, 0) is 9.53 Å². The molecule has 1 saturated carbocycles. The van der Waals surface area contributed by atoms with E-state index in [4.69, 9.17) is 4.74 Å². The molecule has 1 unspecified atom stereocenters. The Kier molecular flexibility index (Phi) is 4.24. The van der Waals surface area contributed by atoms with E-state index in [0.29, 0.717) is 17.9 Å². The minimum atomic E-state index is -0.588. The summed E-state index contributed by atoms with van der Waals surface area (Å²) >= 11 is 0. The van der Waals surface area contributed by atoms with Crippen molar-refractivity contribution in [3.63, 3.8) is 0 Å². The van der Waals surface area contributed by atoms with E-state index in [2.05, 4.69) is 20.8 Å². The fraction of sp³-hybridized carbons (Fsp3) is 0.938. The summed E-state index contributed by atoms with van der Waals surface area (Å²) in [5.41, 5.74) is -0.212. The number of hydrogen-bond donors (Lipinski definition) is 1. The lowest BCUT2D eigenvalue weighted by Gasteiger charge is -2.46. The smallest absolute Gasteiger partial charge is 0.310 e. The second kappa shape index (κ2) is 5.43. The third-order valence-corrected chi connectivity index (χ3v) is 5.47. The molecule has 0 spiro atoms. The largest absolute Gasteiger partial charge is 0.481 e. The summed E-state index contributed by atoms with van der Waals surface area (Å²) in [6, 6.07) is 0. The number of hydrogen-bond acceptors (Lipinski definition) is 2. The van der Waals surface area contributed by atoms with Crippen molar-refractivity contribution in [1.82, 2.24) is 0 Å². The molecule has 0 aromatic heterocycles. The molecule has 1 saturated heterocycles. The van der Waals surface area contributed by atoms with E-state index in [1.807, 2.05) is 0 Å². The molecule has 2 fully saturated rings. The van der Waals surface area contributed by atoms with Crippen molar-refractivity contribution in [3.05, 3.63) is 0 Å². The summed E-state index contributed by atoms with van der Waals surface area (Å²) in [6.07, 6.45) is 5.80. The molecule has 19 heavy (non-hydrogen) atoms. The predicted octanol–water partition coefficient (Wildman–Crippen LogP) is 3.72. The lowest BCUT2D eigenvalue weighted by Crippen LogP contribution is -2.46. The van der Waals surface area contributed by atoms with Gasteiger partial charge in [-0.15, -0.1) is 0 Å². The molecule has 1 heterocycles. The molecule has 0 aromatic carbocycles. The van der Waals surface area contributed by atoms with Crippen molar-refractivity contribution in [2.75, 3.05) is 13.2 Å². The van der Waals surface area contributed by atoms with E-state index in [9.17, 15) is 9.90 Å². The van der Waals surface area contributed by atoms with Crippen molar-refractivity contribution < 1.29 is 14.6 Å². The average Bonchev–Trinajstić information content (AvgIpc) is 2.38. The Labute approximate surface area is 116 Å².